The number of amides is 2. The van der Waals surface area contributed by atoms with E-state index in [0.717, 1.165) is 12.8 Å². The zero-order valence-corrected chi connectivity index (χ0v) is 12.9. The van der Waals surface area contributed by atoms with Crippen LogP contribution in [0.1, 0.15) is 33.6 Å². The summed E-state index contributed by atoms with van der Waals surface area (Å²) >= 11 is 0. The molecule has 0 aromatic carbocycles. The summed E-state index contributed by atoms with van der Waals surface area (Å²) in [5.74, 6) is 0.166. The van der Waals surface area contributed by atoms with Crippen LogP contribution in [0.4, 0.5) is 4.79 Å². The summed E-state index contributed by atoms with van der Waals surface area (Å²) in [6.07, 6.45) is 3.45. The molecule has 0 radical (unpaired) electrons. The van der Waals surface area contributed by atoms with Crippen molar-refractivity contribution in [3.63, 3.8) is 0 Å². The maximum absolute atomic E-state index is 12.0. The first-order valence-electron chi connectivity index (χ1n) is 7.41. The topological polar surface area (TPSA) is 70.1 Å². The van der Waals surface area contributed by atoms with Gasteiger partial charge < -0.3 is 19.6 Å². The molecule has 0 aliphatic carbocycles. The Bertz CT molecular complexity index is 433. The molecule has 2 aliphatic rings. The molecule has 1 fully saturated rings. The van der Waals surface area contributed by atoms with E-state index in [9.17, 15) is 14.7 Å². The quantitative estimate of drug-likeness (QED) is 0.835. The van der Waals surface area contributed by atoms with Crippen molar-refractivity contribution < 1.29 is 19.4 Å². The fourth-order valence-electron chi connectivity index (χ4n) is 2.60. The SMILES string of the molecule is CC(C)(C)OC(=O)N1CCC(CN2C(=O)C=CC2O)CC1. The average Bonchev–Trinajstić information content (AvgIpc) is 2.69. The molecule has 0 aromatic heterocycles. The predicted molar refractivity (Wildman–Crippen MR) is 77.4 cm³/mol. The Morgan fingerprint density at radius 1 is 1.38 bits per heavy atom. The van der Waals surface area contributed by atoms with E-state index in [1.54, 1.807) is 4.90 Å². The Hall–Kier alpha value is -1.56. The zero-order chi connectivity index (χ0) is 15.6. The van der Waals surface area contributed by atoms with Crippen LogP contribution in [0.15, 0.2) is 12.2 Å². The largest absolute Gasteiger partial charge is 0.444 e. The van der Waals surface area contributed by atoms with E-state index in [1.165, 1.54) is 17.1 Å². The van der Waals surface area contributed by atoms with Crippen LogP contribution in [0.3, 0.4) is 0 Å². The van der Waals surface area contributed by atoms with Crippen molar-refractivity contribution in [3.05, 3.63) is 12.2 Å². The zero-order valence-electron chi connectivity index (χ0n) is 12.9. The molecule has 2 heterocycles. The Balaban J connectivity index is 1.78. The van der Waals surface area contributed by atoms with Crippen molar-refractivity contribution in [3.8, 4) is 0 Å². The number of carbonyl (C=O) groups is 2. The molecule has 1 unspecified atom stereocenters. The second-order valence-electron chi connectivity index (χ2n) is 6.67. The molecule has 2 aliphatic heterocycles. The van der Waals surface area contributed by atoms with Crippen molar-refractivity contribution in [1.29, 1.82) is 0 Å². The van der Waals surface area contributed by atoms with Crippen molar-refractivity contribution >= 4 is 12.0 Å². The van der Waals surface area contributed by atoms with Gasteiger partial charge in [-0.1, -0.05) is 0 Å². The molecule has 1 N–H and O–H groups in total. The Kier molecular flexibility index (Phi) is 4.56. The van der Waals surface area contributed by atoms with E-state index in [4.69, 9.17) is 4.74 Å². The number of ether oxygens (including phenoxy) is 1. The third kappa shape index (κ3) is 4.20. The smallest absolute Gasteiger partial charge is 0.410 e. The van der Waals surface area contributed by atoms with Crippen molar-refractivity contribution in [2.45, 2.75) is 45.4 Å². The van der Waals surface area contributed by atoms with Gasteiger partial charge in [-0.05, 0) is 45.6 Å². The molecule has 0 spiro atoms. The highest BCUT2D eigenvalue weighted by atomic mass is 16.6. The minimum Gasteiger partial charge on any atom is -0.444 e. The van der Waals surface area contributed by atoms with Crippen LogP contribution < -0.4 is 0 Å². The van der Waals surface area contributed by atoms with Gasteiger partial charge in [-0.25, -0.2) is 4.79 Å². The molecule has 2 amide bonds. The van der Waals surface area contributed by atoms with Gasteiger partial charge in [0, 0.05) is 25.7 Å². The first-order chi connectivity index (χ1) is 9.76. The summed E-state index contributed by atoms with van der Waals surface area (Å²) < 4.78 is 5.35. The normalized spacial score (nSPS) is 23.8. The highest BCUT2D eigenvalue weighted by molar-refractivity contribution is 5.90. The van der Waals surface area contributed by atoms with Crippen molar-refractivity contribution in [2.75, 3.05) is 19.6 Å². The van der Waals surface area contributed by atoms with Gasteiger partial charge in [0.05, 0.1) is 0 Å². The number of hydrogen-bond acceptors (Lipinski definition) is 4. The molecule has 0 bridgehead atoms. The molecule has 2 rings (SSSR count). The number of hydrogen-bond donors (Lipinski definition) is 1. The summed E-state index contributed by atoms with van der Waals surface area (Å²) in [5.41, 5.74) is -0.480. The number of carbonyl (C=O) groups excluding carboxylic acids is 2. The molecule has 0 saturated carbocycles. The number of likely N-dealkylation sites (tertiary alicyclic amines) is 1. The van der Waals surface area contributed by atoms with Crippen LogP contribution >= 0.6 is 0 Å². The average molecular weight is 296 g/mol. The second kappa shape index (κ2) is 6.05. The summed E-state index contributed by atoms with van der Waals surface area (Å²) in [6.45, 7) is 7.35. The molecule has 6 nitrogen and oxygen atoms in total. The third-order valence-electron chi connectivity index (χ3n) is 3.73. The minimum absolute atomic E-state index is 0.142. The summed E-state index contributed by atoms with van der Waals surface area (Å²) in [4.78, 5) is 26.7. The highest BCUT2D eigenvalue weighted by Crippen LogP contribution is 2.22. The monoisotopic (exact) mass is 296 g/mol. The molecule has 0 aromatic rings. The van der Waals surface area contributed by atoms with Crippen LogP contribution in [-0.2, 0) is 9.53 Å². The van der Waals surface area contributed by atoms with E-state index in [2.05, 4.69) is 0 Å². The van der Waals surface area contributed by atoms with E-state index in [-0.39, 0.29) is 12.0 Å². The Morgan fingerprint density at radius 2 is 2.00 bits per heavy atom. The molecule has 118 valence electrons. The van der Waals surface area contributed by atoms with Crippen LogP contribution in [-0.4, -0.2) is 58.4 Å². The first kappa shape index (κ1) is 15.8. The lowest BCUT2D eigenvalue weighted by Crippen LogP contribution is -2.45. The second-order valence-corrected chi connectivity index (χ2v) is 6.67. The fourth-order valence-corrected chi connectivity index (χ4v) is 2.60. The molecule has 1 saturated heterocycles. The van der Waals surface area contributed by atoms with E-state index in [0.29, 0.717) is 25.6 Å². The van der Waals surface area contributed by atoms with E-state index in [1.807, 2.05) is 20.8 Å². The van der Waals surface area contributed by atoms with Crippen molar-refractivity contribution in [2.24, 2.45) is 5.92 Å². The van der Waals surface area contributed by atoms with Crippen molar-refractivity contribution in [1.82, 2.24) is 9.80 Å². The lowest BCUT2D eigenvalue weighted by molar-refractivity contribution is -0.132. The number of aliphatic hydroxyl groups excluding tert-OH is 1. The van der Waals surface area contributed by atoms with Gasteiger partial charge in [0.2, 0.25) is 5.91 Å². The standard InChI is InChI=1S/C15H24N2O4/c1-15(2,3)21-14(20)16-8-6-11(7-9-16)10-17-12(18)4-5-13(17)19/h4-5,11-12,18H,6-10H2,1-3H3. The van der Waals surface area contributed by atoms with Gasteiger partial charge in [-0.3, -0.25) is 4.79 Å². The highest BCUT2D eigenvalue weighted by Gasteiger charge is 2.31. The first-order valence-corrected chi connectivity index (χ1v) is 7.41. The lowest BCUT2D eigenvalue weighted by atomic mass is 9.96. The van der Waals surface area contributed by atoms with Gasteiger partial charge in [-0.15, -0.1) is 0 Å². The van der Waals surface area contributed by atoms with Gasteiger partial charge >= 0.3 is 6.09 Å². The molecular formula is C15H24N2O4. The maximum atomic E-state index is 12.0. The lowest BCUT2D eigenvalue weighted by Gasteiger charge is -2.35. The minimum atomic E-state index is -0.804. The number of nitrogens with zero attached hydrogens (tertiary/aromatic N) is 2. The van der Waals surface area contributed by atoms with Crippen LogP contribution in [0.25, 0.3) is 0 Å². The Morgan fingerprint density at radius 3 is 2.48 bits per heavy atom. The van der Waals surface area contributed by atoms with Gasteiger partial charge in [0.15, 0.2) is 0 Å². The van der Waals surface area contributed by atoms with Crippen LogP contribution in [0, 0.1) is 5.92 Å². The Labute approximate surface area is 125 Å². The maximum Gasteiger partial charge on any atom is 0.410 e. The molecule has 21 heavy (non-hydrogen) atoms. The molecule has 1 atom stereocenters. The van der Waals surface area contributed by atoms with Gasteiger partial charge in [-0.2, -0.15) is 0 Å². The fraction of sp³-hybridized carbons (Fsp3) is 0.733. The van der Waals surface area contributed by atoms with E-state index < -0.39 is 11.8 Å². The van der Waals surface area contributed by atoms with Crippen LogP contribution in [0.5, 0.6) is 0 Å². The summed E-state index contributed by atoms with van der Waals surface area (Å²) in [6, 6.07) is 0. The molecular weight excluding hydrogens is 272 g/mol. The summed E-state index contributed by atoms with van der Waals surface area (Å²) in [7, 11) is 0. The molecule has 6 heteroatoms. The van der Waals surface area contributed by atoms with E-state index >= 15 is 0 Å². The third-order valence-corrected chi connectivity index (χ3v) is 3.73. The van der Waals surface area contributed by atoms with Gasteiger partial charge in [0.25, 0.3) is 0 Å². The number of rotatable bonds is 2. The predicted octanol–water partition coefficient (Wildman–Crippen LogP) is 1.35. The summed E-state index contributed by atoms with van der Waals surface area (Å²) in [5, 5.41) is 9.69. The number of piperidine rings is 1. The number of aliphatic hydroxyl groups is 1. The van der Waals surface area contributed by atoms with Crippen LogP contribution in [0.2, 0.25) is 0 Å². The van der Waals surface area contributed by atoms with Gasteiger partial charge in [0.1, 0.15) is 11.8 Å².